The van der Waals surface area contributed by atoms with Gasteiger partial charge in [-0.1, -0.05) is 24.2 Å². The van der Waals surface area contributed by atoms with Gasteiger partial charge in [-0.05, 0) is 23.8 Å². The highest BCUT2D eigenvalue weighted by Gasteiger charge is 2.33. The van der Waals surface area contributed by atoms with Gasteiger partial charge in [0.05, 0.1) is 35.1 Å². The lowest BCUT2D eigenvalue weighted by Crippen LogP contribution is -2.45. The summed E-state index contributed by atoms with van der Waals surface area (Å²) in [6.07, 6.45) is 1.29. The zero-order chi connectivity index (χ0) is 26.9. The van der Waals surface area contributed by atoms with Crippen LogP contribution >= 0.6 is 11.6 Å². The molecule has 194 valence electrons. The van der Waals surface area contributed by atoms with Gasteiger partial charge in [-0.15, -0.1) is 0 Å². The second kappa shape index (κ2) is 10.5. The maximum atomic E-state index is 14.6. The number of alkyl halides is 1. The van der Waals surface area contributed by atoms with E-state index in [1.54, 1.807) is 32.3 Å². The minimum absolute atomic E-state index is 0.0247. The van der Waals surface area contributed by atoms with E-state index in [2.05, 4.69) is 27.0 Å². The van der Waals surface area contributed by atoms with Gasteiger partial charge in [0, 0.05) is 27.1 Å². The molecule has 2 atom stereocenters. The zero-order valence-electron chi connectivity index (χ0n) is 20.3. The SMILES string of the molecule is C=CC(=O)N1CC(F)C[C@@H](n2nc(C(=O)Nc3ccc(CC(=O)N(C)C)cc3Cl)c3c(N)ncnc32)C1. The Hall–Kier alpha value is -4.06. The van der Waals surface area contributed by atoms with Crippen molar-refractivity contribution in [2.24, 2.45) is 0 Å². The van der Waals surface area contributed by atoms with Crippen molar-refractivity contribution in [3.63, 3.8) is 0 Å². The second-order valence-electron chi connectivity index (χ2n) is 8.92. The number of fused-ring (bicyclic) bond motifs is 1. The Morgan fingerprint density at radius 1 is 1.30 bits per heavy atom. The molecule has 1 fully saturated rings. The van der Waals surface area contributed by atoms with Crippen LogP contribution in [0.25, 0.3) is 11.0 Å². The topological polar surface area (TPSA) is 139 Å². The number of likely N-dealkylation sites (N-methyl/N-ethyl adjacent to an activating group) is 1. The predicted octanol–water partition coefficient (Wildman–Crippen LogP) is 2.24. The van der Waals surface area contributed by atoms with Gasteiger partial charge >= 0.3 is 0 Å². The monoisotopic (exact) mass is 528 g/mol. The minimum atomic E-state index is -1.30. The molecule has 0 saturated carbocycles. The number of aromatic nitrogens is 4. The number of piperidine rings is 1. The van der Waals surface area contributed by atoms with Crippen molar-refractivity contribution in [3.8, 4) is 0 Å². The molecule has 1 aliphatic heterocycles. The molecule has 2 aromatic heterocycles. The Labute approximate surface area is 217 Å². The molecule has 1 saturated heterocycles. The number of carbonyl (C=O) groups excluding carboxylic acids is 3. The molecular formula is C24H26ClFN8O3. The van der Waals surface area contributed by atoms with Crippen LogP contribution in [0, 0.1) is 0 Å². The first kappa shape index (κ1) is 26.0. The van der Waals surface area contributed by atoms with Crippen molar-refractivity contribution >= 4 is 51.9 Å². The first-order valence-corrected chi connectivity index (χ1v) is 11.8. The van der Waals surface area contributed by atoms with Crippen LogP contribution in [0.5, 0.6) is 0 Å². The van der Waals surface area contributed by atoms with E-state index >= 15 is 0 Å². The van der Waals surface area contributed by atoms with Gasteiger partial charge in [-0.25, -0.2) is 19.0 Å². The van der Waals surface area contributed by atoms with Gasteiger partial charge in [0.25, 0.3) is 5.91 Å². The molecule has 37 heavy (non-hydrogen) atoms. The van der Waals surface area contributed by atoms with Crippen LogP contribution in [0.3, 0.4) is 0 Å². The fourth-order valence-corrected chi connectivity index (χ4v) is 4.44. The third-order valence-corrected chi connectivity index (χ3v) is 6.39. The largest absolute Gasteiger partial charge is 0.383 e. The summed E-state index contributed by atoms with van der Waals surface area (Å²) >= 11 is 6.37. The third-order valence-electron chi connectivity index (χ3n) is 6.08. The molecule has 3 N–H and O–H groups in total. The first-order valence-electron chi connectivity index (χ1n) is 11.4. The molecule has 0 bridgehead atoms. The highest BCUT2D eigenvalue weighted by atomic mass is 35.5. The van der Waals surface area contributed by atoms with Crippen molar-refractivity contribution in [3.05, 3.63) is 53.5 Å². The molecule has 13 heteroatoms. The van der Waals surface area contributed by atoms with Crippen molar-refractivity contribution in [1.82, 2.24) is 29.5 Å². The second-order valence-corrected chi connectivity index (χ2v) is 9.33. The van der Waals surface area contributed by atoms with Crippen LogP contribution in [0.4, 0.5) is 15.9 Å². The van der Waals surface area contributed by atoms with Crippen LogP contribution in [-0.4, -0.2) is 80.6 Å². The number of nitrogens with two attached hydrogens (primary N) is 1. The van der Waals surface area contributed by atoms with Crippen LogP contribution < -0.4 is 11.1 Å². The van der Waals surface area contributed by atoms with Crippen molar-refractivity contribution < 1.29 is 18.8 Å². The summed E-state index contributed by atoms with van der Waals surface area (Å²) in [5.74, 6) is -1.10. The Morgan fingerprint density at radius 2 is 2.05 bits per heavy atom. The van der Waals surface area contributed by atoms with Crippen LogP contribution in [0.15, 0.2) is 37.2 Å². The predicted molar refractivity (Wildman–Crippen MR) is 137 cm³/mol. The van der Waals surface area contributed by atoms with Crippen molar-refractivity contribution in [2.75, 3.05) is 38.2 Å². The number of likely N-dealkylation sites (tertiary alicyclic amines) is 1. The molecule has 3 aromatic rings. The van der Waals surface area contributed by atoms with Gasteiger partial charge in [0.1, 0.15) is 18.3 Å². The number of rotatable bonds is 6. The number of benzene rings is 1. The Balaban J connectivity index is 1.65. The van der Waals surface area contributed by atoms with Gasteiger partial charge in [0.2, 0.25) is 11.8 Å². The van der Waals surface area contributed by atoms with Gasteiger partial charge in [-0.2, -0.15) is 5.10 Å². The number of nitrogens with zero attached hydrogens (tertiary/aromatic N) is 6. The Kier molecular flexibility index (Phi) is 7.39. The number of hydrogen-bond acceptors (Lipinski definition) is 7. The summed E-state index contributed by atoms with van der Waals surface area (Å²) in [6.45, 7) is 3.57. The molecular weight excluding hydrogens is 503 g/mol. The van der Waals surface area contributed by atoms with Crippen molar-refractivity contribution in [2.45, 2.75) is 25.1 Å². The number of anilines is 2. The number of carbonyl (C=O) groups is 3. The number of amides is 3. The van der Waals surface area contributed by atoms with E-state index in [0.29, 0.717) is 11.3 Å². The molecule has 3 heterocycles. The van der Waals surface area contributed by atoms with E-state index < -0.39 is 24.0 Å². The summed E-state index contributed by atoms with van der Waals surface area (Å²) in [5.41, 5.74) is 7.24. The van der Waals surface area contributed by atoms with Crippen LogP contribution in [0.1, 0.15) is 28.5 Å². The maximum absolute atomic E-state index is 14.6. The molecule has 0 spiro atoms. The van der Waals surface area contributed by atoms with Crippen LogP contribution in [0.2, 0.25) is 5.02 Å². The Morgan fingerprint density at radius 3 is 2.73 bits per heavy atom. The highest BCUT2D eigenvalue weighted by Crippen LogP contribution is 2.31. The summed E-state index contributed by atoms with van der Waals surface area (Å²) < 4.78 is 16.0. The summed E-state index contributed by atoms with van der Waals surface area (Å²) in [6, 6.07) is 4.28. The fourth-order valence-electron chi connectivity index (χ4n) is 4.19. The summed E-state index contributed by atoms with van der Waals surface area (Å²) in [4.78, 5) is 48.4. The van der Waals surface area contributed by atoms with Crippen LogP contribution in [-0.2, 0) is 16.0 Å². The molecule has 0 aliphatic carbocycles. The number of nitrogens with one attached hydrogen (secondary N) is 1. The van der Waals surface area contributed by atoms with Crippen molar-refractivity contribution in [1.29, 1.82) is 0 Å². The third kappa shape index (κ3) is 5.38. The number of halogens is 2. The molecule has 3 amide bonds. The van der Waals surface area contributed by atoms with Gasteiger partial charge in [-0.3, -0.25) is 14.4 Å². The smallest absolute Gasteiger partial charge is 0.277 e. The maximum Gasteiger partial charge on any atom is 0.277 e. The minimum Gasteiger partial charge on any atom is -0.383 e. The number of hydrogen-bond donors (Lipinski definition) is 2. The molecule has 1 aromatic carbocycles. The zero-order valence-corrected chi connectivity index (χ0v) is 21.1. The van der Waals surface area contributed by atoms with Gasteiger partial charge < -0.3 is 20.9 Å². The summed E-state index contributed by atoms with van der Waals surface area (Å²) in [5, 5.41) is 7.57. The van der Waals surface area contributed by atoms with Gasteiger partial charge in [0.15, 0.2) is 11.3 Å². The number of nitrogen functional groups attached to an aromatic ring is 1. The lowest BCUT2D eigenvalue weighted by atomic mass is 10.0. The van der Waals surface area contributed by atoms with E-state index in [4.69, 9.17) is 17.3 Å². The molecule has 11 nitrogen and oxygen atoms in total. The summed E-state index contributed by atoms with van der Waals surface area (Å²) in [7, 11) is 3.32. The van der Waals surface area contributed by atoms with E-state index in [-0.39, 0.29) is 59.4 Å². The lowest BCUT2D eigenvalue weighted by Gasteiger charge is -2.34. The fraction of sp³-hybridized carbons (Fsp3) is 0.333. The molecule has 1 aliphatic rings. The average molecular weight is 529 g/mol. The van der Waals surface area contributed by atoms with E-state index in [1.165, 1.54) is 20.8 Å². The molecule has 0 radical (unpaired) electrons. The normalized spacial score (nSPS) is 17.5. The standard InChI is InChI=1S/C24H26ClFN8O3/c1-4-18(35)33-10-14(26)9-15(11-33)34-23-20(22(27)28-12-29-23)21(31-34)24(37)30-17-6-5-13(7-16(17)25)8-19(36)32(2)3/h4-7,12,14-15H,1,8-11H2,2-3H3,(H,30,37)(H2,27,28,29)/t14?,15-/m1/s1. The first-order chi connectivity index (χ1) is 17.6. The Bertz CT molecular complexity index is 1390. The van der Waals surface area contributed by atoms with E-state index in [0.717, 1.165) is 6.08 Å². The van der Waals surface area contributed by atoms with E-state index in [9.17, 15) is 18.8 Å². The van der Waals surface area contributed by atoms with E-state index in [1.807, 2.05) is 0 Å². The highest BCUT2D eigenvalue weighted by molar-refractivity contribution is 6.34. The molecule has 1 unspecified atom stereocenters. The molecule has 4 rings (SSSR count). The average Bonchev–Trinajstić information content (AvgIpc) is 3.26. The lowest BCUT2D eigenvalue weighted by molar-refractivity contribution is -0.129. The quantitative estimate of drug-likeness (QED) is 0.468.